The third-order valence-corrected chi connectivity index (χ3v) is 12.0. The fraction of sp³-hybridized carbons (Fsp3) is 0.811. The lowest BCUT2D eigenvalue weighted by atomic mass is 9.78. The minimum absolute atomic E-state index is 0.0407. The number of hydrogen-bond donors (Lipinski definition) is 2. The summed E-state index contributed by atoms with van der Waals surface area (Å²) in [7, 11) is -2.05. The second kappa shape index (κ2) is 16.6. The molecule has 280 valence electrons. The first-order valence-corrected chi connectivity index (χ1v) is 19.7. The Morgan fingerprint density at radius 2 is 1.65 bits per heavy atom. The van der Waals surface area contributed by atoms with E-state index in [1.807, 2.05) is 48.5 Å². The van der Waals surface area contributed by atoms with Crippen LogP contribution in [0.2, 0.25) is 0 Å². The standard InChI is InChI=1S/C37H64N4O7S/c1-13-15-17-24(31(44)27(42)18-16-14-2)21-28(43)30-25-19-20-37(9,10)26(25)22-41(30)33(45)32(36(6,7)8)39-34(46)38-29(35(3,4)5)23-40(11)49(12,47)48/h14,24-26,29-30,32H,2,13,15-23H2,1,3-12H3,(H2,38,39,46)/t24?,25-,26-,29+,30-,32+/m0/s1. The summed E-state index contributed by atoms with van der Waals surface area (Å²) in [5, 5.41) is 5.80. The Morgan fingerprint density at radius 1 is 1.04 bits per heavy atom. The second-order valence-corrected chi connectivity index (χ2v) is 19.3. The molecule has 0 aromatic rings. The highest BCUT2D eigenvalue weighted by atomic mass is 32.2. The van der Waals surface area contributed by atoms with Crippen LogP contribution >= 0.6 is 0 Å². The number of urea groups is 1. The summed E-state index contributed by atoms with van der Waals surface area (Å²) in [4.78, 5) is 70.2. The van der Waals surface area contributed by atoms with Gasteiger partial charge in [-0.05, 0) is 53.8 Å². The Kier molecular flexibility index (Phi) is 14.4. The van der Waals surface area contributed by atoms with Gasteiger partial charge in [-0.25, -0.2) is 17.5 Å². The minimum Gasteiger partial charge on any atom is -0.334 e. The van der Waals surface area contributed by atoms with Gasteiger partial charge in [-0.2, -0.15) is 0 Å². The Bertz CT molecular complexity index is 1340. The zero-order chi connectivity index (χ0) is 37.7. The minimum atomic E-state index is -3.50. The van der Waals surface area contributed by atoms with E-state index >= 15 is 0 Å². The highest BCUT2D eigenvalue weighted by Crippen LogP contribution is 2.53. The molecule has 1 aliphatic heterocycles. The molecule has 1 saturated heterocycles. The zero-order valence-corrected chi connectivity index (χ0v) is 32.8. The van der Waals surface area contributed by atoms with E-state index in [1.54, 1.807) is 11.0 Å². The van der Waals surface area contributed by atoms with Crippen LogP contribution in [0.1, 0.15) is 114 Å². The van der Waals surface area contributed by atoms with E-state index in [0.717, 1.165) is 25.5 Å². The fourth-order valence-corrected chi connectivity index (χ4v) is 7.68. The van der Waals surface area contributed by atoms with Crippen molar-refractivity contribution >= 4 is 39.3 Å². The number of likely N-dealkylation sites (N-methyl/N-ethyl adjacent to an activating group) is 1. The molecule has 1 unspecified atom stereocenters. The van der Waals surface area contributed by atoms with Crippen LogP contribution in [-0.2, 0) is 29.2 Å². The number of likely N-dealkylation sites (tertiary alicyclic amines) is 1. The molecule has 2 fully saturated rings. The molecule has 1 saturated carbocycles. The van der Waals surface area contributed by atoms with Gasteiger partial charge in [0.1, 0.15) is 6.04 Å². The van der Waals surface area contributed by atoms with Gasteiger partial charge >= 0.3 is 6.03 Å². The molecule has 0 radical (unpaired) electrons. The van der Waals surface area contributed by atoms with Crippen molar-refractivity contribution in [3.63, 3.8) is 0 Å². The highest BCUT2D eigenvalue weighted by molar-refractivity contribution is 7.88. The number of rotatable bonds is 17. The molecule has 2 N–H and O–H groups in total. The van der Waals surface area contributed by atoms with Gasteiger partial charge in [0, 0.05) is 44.9 Å². The topological polar surface area (TPSA) is 150 Å². The lowest BCUT2D eigenvalue weighted by molar-refractivity contribution is -0.144. The van der Waals surface area contributed by atoms with Gasteiger partial charge < -0.3 is 15.5 Å². The van der Waals surface area contributed by atoms with Crippen molar-refractivity contribution in [1.29, 1.82) is 0 Å². The smallest absolute Gasteiger partial charge is 0.315 e. The van der Waals surface area contributed by atoms with Gasteiger partial charge in [0.05, 0.1) is 12.3 Å². The van der Waals surface area contributed by atoms with E-state index in [4.69, 9.17) is 0 Å². The Hall–Kier alpha value is -2.60. The Balaban J connectivity index is 2.43. The first-order chi connectivity index (χ1) is 22.4. The molecule has 0 aromatic carbocycles. The first-order valence-electron chi connectivity index (χ1n) is 17.9. The Morgan fingerprint density at radius 3 is 2.16 bits per heavy atom. The molecule has 0 aromatic heterocycles. The van der Waals surface area contributed by atoms with Crippen molar-refractivity contribution in [2.75, 3.05) is 26.4 Å². The monoisotopic (exact) mass is 708 g/mol. The SMILES string of the molecule is C=CCCC(=O)C(=O)C(CCCC)CC(=O)[C@@H]1[C@H]2CCC(C)(C)[C@H]2CN1C(=O)[C@@H](NC(=O)N[C@H](CN(C)S(C)(=O)=O)C(C)(C)C)C(C)(C)C. The zero-order valence-electron chi connectivity index (χ0n) is 32.0. The van der Waals surface area contributed by atoms with E-state index in [2.05, 4.69) is 31.1 Å². The van der Waals surface area contributed by atoms with Crippen LogP contribution in [0.15, 0.2) is 12.7 Å². The molecule has 1 heterocycles. The number of carbonyl (C=O) groups excluding carboxylic acids is 5. The Labute approximate surface area is 295 Å². The summed E-state index contributed by atoms with van der Waals surface area (Å²) in [5.74, 6) is -2.36. The van der Waals surface area contributed by atoms with Crippen LogP contribution in [0, 0.1) is 34.0 Å². The van der Waals surface area contributed by atoms with Crippen molar-refractivity contribution in [1.82, 2.24) is 19.8 Å². The third-order valence-electron chi connectivity index (χ3n) is 10.7. The molecule has 2 rings (SSSR count). The van der Waals surface area contributed by atoms with Crippen LogP contribution in [0.5, 0.6) is 0 Å². The maximum absolute atomic E-state index is 14.6. The number of Topliss-reactive ketones (excluding diaryl/α,β-unsaturated/α-hetero) is 3. The van der Waals surface area contributed by atoms with Crippen molar-refractivity contribution in [2.24, 2.45) is 34.0 Å². The van der Waals surface area contributed by atoms with Crippen LogP contribution in [-0.4, -0.2) is 91.4 Å². The maximum Gasteiger partial charge on any atom is 0.315 e. The van der Waals surface area contributed by atoms with Crippen LogP contribution < -0.4 is 10.6 Å². The quantitative estimate of drug-likeness (QED) is 0.157. The molecular formula is C37H64N4O7S. The molecule has 12 heteroatoms. The van der Waals surface area contributed by atoms with Crippen LogP contribution in [0.3, 0.4) is 0 Å². The average Bonchev–Trinajstić information content (AvgIpc) is 3.50. The molecule has 49 heavy (non-hydrogen) atoms. The summed E-state index contributed by atoms with van der Waals surface area (Å²) in [6.07, 6.45) is 6.66. The number of fused-ring (bicyclic) bond motifs is 1. The number of unbranched alkanes of at least 4 members (excludes halogenated alkanes) is 1. The van der Waals surface area contributed by atoms with Gasteiger partial charge in [-0.1, -0.05) is 81.2 Å². The van der Waals surface area contributed by atoms with E-state index < -0.39 is 62.5 Å². The van der Waals surface area contributed by atoms with E-state index in [-0.39, 0.29) is 48.3 Å². The number of carbonyl (C=O) groups is 5. The predicted octanol–water partition coefficient (Wildman–Crippen LogP) is 5.14. The molecule has 3 amide bonds. The number of nitrogens with zero attached hydrogens (tertiary/aromatic N) is 2. The highest BCUT2D eigenvalue weighted by Gasteiger charge is 2.57. The number of amides is 3. The molecule has 1 aliphatic carbocycles. The summed E-state index contributed by atoms with van der Waals surface area (Å²) < 4.78 is 25.5. The summed E-state index contributed by atoms with van der Waals surface area (Å²) in [6, 6.07) is -2.95. The largest absolute Gasteiger partial charge is 0.334 e. The lowest BCUT2D eigenvalue weighted by Gasteiger charge is -2.38. The normalized spacial score (nSPS) is 22.6. The third kappa shape index (κ3) is 11.2. The summed E-state index contributed by atoms with van der Waals surface area (Å²) in [5.41, 5.74) is -1.36. The molecule has 2 aliphatic rings. The van der Waals surface area contributed by atoms with E-state index in [1.165, 1.54) is 11.4 Å². The average molecular weight is 709 g/mol. The number of ketones is 3. The predicted molar refractivity (Wildman–Crippen MR) is 193 cm³/mol. The van der Waals surface area contributed by atoms with Crippen molar-refractivity contribution < 1.29 is 32.4 Å². The number of hydrogen-bond acceptors (Lipinski definition) is 7. The molecular weight excluding hydrogens is 644 g/mol. The van der Waals surface area contributed by atoms with Crippen LogP contribution in [0.4, 0.5) is 4.79 Å². The summed E-state index contributed by atoms with van der Waals surface area (Å²) >= 11 is 0. The van der Waals surface area contributed by atoms with Crippen molar-refractivity contribution in [3.8, 4) is 0 Å². The second-order valence-electron chi connectivity index (χ2n) is 17.2. The van der Waals surface area contributed by atoms with Gasteiger partial charge in [-0.15, -0.1) is 6.58 Å². The lowest BCUT2D eigenvalue weighted by Crippen LogP contribution is -2.61. The molecule has 6 atom stereocenters. The van der Waals surface area contributed by atoms with Crippen molar-refractivity contribution in [2.45, 2.75) is 132 Å². The molecule has 11 nitrogen and oxygen atoms in total. The van der Waals surface area contributed by atoms with Crippen LogP contribution in [0.25, 0.3) is 0 Å². The van der Waals surface area contributed by atoms with Gasteiger partial charge in [0.25, 0.3) is 0 Å². The fourth-order valence-electron chi connectivity index (χ4n) is 7.26. The van der Waals surface area contributed by atoms with Gasteiger partial charge in [0.15, 0.2) is 11.6 Å². The molecule has 0 bridgehead atoms. The van der Waals surface area contributed by atoms with E-state index in [0.29, 0.717) is 25.8 Å². The molecule has 0 spiro atoms. The number of nitrogens with one attached hydrogen (secondary N) is 2. The maximum atomic E-state index is 14.6. The first kappa shape index (κ1) is 42.6. The van der Waals surface area contributed by atoms with Gasteiger partial charge in [-0.3, -0.25) is 19.2 Å². The van der Waals surface area contributed by atoms with Crippen molar-refractivity contribution in [3.05, 3.63) is 12.7 Å². The van der Waals surface area contributed by atoms with E-state index in [9.17, 15) is 32.4 Å². The van der Waals surface area contributed by atoms with Gasteiger partial charge in [0.2, 0.25) is 21.7 Å². The number of allylic oxidation sites excluding steroid dienone is 1. The summed E-state index contributed by atoms with van der Waals surface area (Å²) in [6.45, 7) is 21.6. The number of sulfonamides is 1.